The van der Waals surface area contributed by atoms with Gasteiger partial charge in [0.15, 0.2) is 0 Å². The molecule has 0 spiro atoms. The van der Waals surface area contributed by atoms with E-state index in [1.807, 2.05) is 0 Å². The molecule has 1 aromatic carbocycles. The smallest absolute Gasteiger partial charge is 0.264 e. The standard InChI is InChI=1S/C12H16FN3O5S2/c1-16-11(14)15-12(8-23(16,19)20,7-21-22(2,17)18)9-5-3-4-6-10(9)13/h3-6H,7-8H2,1-2H3,(H2,14,15). The number of guanidine groups is 1. The molecule has 8 nitrogen and oxygen atoms in total. The van der Waals surface area contributed by atoms with Crippen molar-refractivity contribution in [2.45, 2.75) is 5.54 Å². The van der Waals surface area contributed by atoms with Crippen molar-refractivity contribution in [2.24, 2.45) is 10.7 Å². The van der Waals surface area contributed by atoms with Gasteiger partial charge in [-0.25, -0.2) is 22.1 Å². The van der Waals surface area contributed by atoms with Gasteiger partial charge in [0.2, 0.25) is 16.0 Å². The third-order valence-electron chi connectivity index (χ3n) is 3.38. The van der Waals surface area contributed by atoms with E-state index in [-0.39, 0.29) is 11.5 Å². The van der Waals surface area contributed by atoms with E-state index in [9.17, 15) is 21.2 Å². The lowest BCUT2D eigenvalue weighted by atomic mass is 9.93. The normalized spacial score (nSPS) is 24.3. The Bertz CT molecular complexity index is 853. The van der Waals surface area contributed by atoms with E-state index >= 15 is 0 Å². The molecule has 0 saturated heterocycles. The van der Waals surface area contributed by atoms with Crippen LogP contribution in [0.1, 0.15) is 5.56 Å². The molecule has 0 radical (unpaired) electrons. The van der Waals surface area contributed by atoms with Crippen molar-refractivity contribution >= 4 is 26.1 Å². The van der Waals surface area contributed by atoms with Crippen molar-refractivity contribution in [3.63, 3.8) is 0 Å². The largest absolute Gasteiger partial charge is 0.369 e. The van der Waals surface area contributed by atoms with Gasteiger partial charge in [-0.3, -0.25) is 4.18 Å². The molecule has 23 heavy (non-hydrogen) atoms. The maximum Gasteiger partial charge on any atom is 0.264 e. The molecular weight excluding hydrogens is 349 g/mol. The number of halogens is 1. The van der Waals surface area contributed by atoms with Crippen molar-refractivity contribution in [1.82, 2.24) is 4.31 Å². The summed E-state index contributed by atoms with van der Waals surface area (Å²) in [5.41, 5.74) is 3.73. The molecule has 0 aliphatic carbocycles. The highest BCUT2D eigenvalue weighted by atomic mass is 32.2. The number of aliphatic imine (C=N–C) groups is 1. The molecule has 128 valence electrons. The first-order valence-corrected chi connectivity index (χ1v) is 9.81. The van der Waals surface area contributed by atoms with Crippen LogP contribution in [0.5, 0.6) is 0 Å². The second-order valence-electron chi connectivity index (χ2n) is 5.17. The second kappa shape index (κ2) is 5.73. The van der Waals surface area contributed by atoms with Crippen molar-refractivity contribution in [3.05, 3.63) is 35.6 Å². The summed E-state index contributed by atoms with van der Waals surface area (Å²) in [6.45, 7) is -0.680. The first kappa shape index (κ1) is 17.6. The van der Waals surface area contributed by atoms with E-state index in [0.29, 0.717) is 0 Å². The van der Waals surface area contributed by atoms with Crippen molar-refractivity contribution in [2.75, 3.05) is 25.7 Å². The maximum absolute atomic E-state index is 14.2. The van der Waals surface area contributed by atoms with Crippen LogP contribution in [0.3, 0.4) is 0 Å². The van der Waals surface area contributed by atoms with Crippen LogP contribution in [0.4, 0.5) is 4.39 Å². The Kier molecular flexibility index (Phi) is 4.39. The fourth-order valence-electron chi connectivity index (χ4n) is 2.20. The van der Waals surface area contributed by atoms with E-state index in [4.69, 9.17) is 9.92 Å². The summed E-state index contributed by atoms with van der Waals surface area (Å²) in [4.78, 5) is 4.04. The van der Waals surface area contributed by atoms with Crippen LogP contribution in [0.25, 0.3) is 0 Å². The van der Waals surface area contributed by atoms with Crippen LogP contribution in [-0.2, 0) is 29.9 Å². The van der Waals surface area contributed by atoms with E-state index in [0.717, 1.165) is 16.6 Å². The van der Waals surface area contributed by atoms with Crippen LogP contribution in [0.2, 0.25) is 0 Å². The molecule has 0 fully saturated rings. The zero-order chi connectivity index (χ0) is 17.5. The monoisotopic (exact) mass is 365 g/mol. The zero-order valence-corrected chi connectivity index (χ0v) is 14.1. The molecule has 1 aliphatic rings. The molecular formula is C12H16FN3O5S2. The van der Waals surface area contributed by atoms with Gasteiger partial charge >= 0.3 is 0 Å². The molecule has 11 heteroatoms. The quantitative estimate of drug-likeness (QED) is 0.724. The predicted molar refractivity (Wildman–Crippen MR) is 82.0 cm³/mol. The number of benzene rings is 1. The minimum Gasteiger partial charge on any atom is -0.369 e. The van der Waals surface area contributed by atoms with Crippen LogP contribution in [-0.4, -0.2) is 52.8 Å². The van der Waals surface area contributed by atoms with Gasteiger partial charge in [0.25, 0.3) is 10.1 Å². The van der Waals surface area contributed by atoms with Crippen LogP contribution in [0, 0.1) is 5.82 Å². The highest BCUT2D eigenvalue weighted by molar-refractivity contribution is 7.89. The van der Waals surface area contributed by atoms with Gasteiger partial charge in [-0.2, -0.15) is 8.42 Å². The van der Waals surface area contributed by atoms with E-state index < -0.39 is 43.9 Å². The van der Waals surface area contributed by atoms with Gasteiger partial charge in [-0.15, -0.1) is 0 Å². The molecule has 2 rings (SSSR count). The molecule has 0 bridgehead atoms. The highest BCUT2D eigenvalue weighted by Gasteiger charge is 2.46. The summed E-state index contributed by atoms with van der Waals surface area (Å²) in [5.74, 6) is -1.79. The Hall–Kier alpha value is -1.72. The first-order valence-electron chi connectivity index (χ1n) is 6.38. The molecule has 1 aliphatic heterocycles. The molecule has 2 N–H and O–H groups in total. The molecule has 0 amide bonds. The van der Waals surface area contributed by atoms with Gasteiger partial charge in [-0.1, -0.05) is 18.2 Å². The molecule has 0 aromatic heterocycles. The number of rotatable bonds is 4. The van der Waals surface area contributed by atoms with E-state index in [2.05, 4.69) is 4.99 Å². The Morgan fingerprint density at radius 3 is 2.57 bits per heavy atom. The Morgan fingerprint density at radius 2 is 2.04 bits per heavy atom. The van der Waals surface area contributed by atoms with Gasteiger partial charge < -0.3 is 5.73 Å². The summed E-state index contributed by atoms with van der Waals surface area (Å²) >= 11 is 0. The summed E-state index contributed by atoms with van der Waals surface area (Å²) in [5, 5.41) is 0. The molecule has 1 aromatic rings. The highest BCUT2D eigenvalue weighted by Crippen LogP contribution is 2.34. The minimum atomic E-state index is -3.91. The molecule has 1 atom stereocenters. The Balaban J connectivity index is 2.64. The van der Waals surface area contributed by atoms with Gasteiger partial charge in [0.05, 0.1) is 12.9 Å². The summed E-state index contributed by atoms with van der Waals surface area (Å²) < 4.78 is 66.7. The van der Waals surface area contributed by atoms with Gasteiger partial charge in [-0.05, 0) is 6.07 Å². The number of hydrogen-bond donors (Lipinski definition) is 1. The Morgan fingerprint density at radius 1 is 1.43 bits per heavy atom. The van der Waals surface area contributed by atoms with Gasteiger partial charge in [0.1, 0.15) is 17.1 Å². The Labute approximate surface area is 133 Å². The van der Waals surface area contributed by atoms with Crippen LogP contribution >= 0.6 is 0 Å². The second-order valence-corrected chi connectivity index (χ2v) is 8.82. The van der Waals surface area contributed by atoms with Gasteiger partial charge in [0, 0.05) is 12.6 Å². The molecule has 1 heterocycles. The zero-order valence-electron chi connectivity index (χ0n) is 12.4. The third kappa shape index (κ3) is 3.62. The third-order valence-corrected chi connectivity index (χ3v) is 5.79. The number of hydrogen-bond acceptors (Lipinski definition) is 7. The average Bonchev–Trinajstić information content (AvgIpc) is 2.42. The lowest BCUT2D eigenvalue weighted by Crippen LogP contribution is -2.53. The first-order chi connectivity index (χ1) is 10.5. The predicted octanol–water partition coefficient (Wildman–Crippen LogP) is -0.413. The topological polar surface area (TPSA) is 119 Å². The minimum absolute atomic E-state index is 0.108. The maximum atomic E-state index is 14.2. The summed E-state index contributed by atoms with van der Waals surface area (Å²) in [6.07, 6.45) is 0.804. The summed E-state index contributed by atoms with van der Waals surface area (Å²) in [6, 6.07) is 5.34. The molecule has 0 saturated carbocycles. The van der Waals surface area contributed by atoms with Crippen molar-refractivity contribution in [1.29, 1.82) is 0 Å². The summed E-state index contributed by atoms with van der Waals surface area (Å²) in [7, 11) is -6.60. The number of sulfonamides is 1. The van der Waals surface area contributed by atoms with Crippen LogP contribution in [0.15, 0.2) is 29.3 Å². The van der Waals surface area contributed by atoms with E-state index in [1.165, 1.54) is 25.2 Å². The van der Waals surface area contributed by atoms with Crippen molar-refractivity contribution in [3.8, 4) is 0 Å². The lowest BCUT2D eigenvalue weighted by Gasteiger charge is -2.36. The lowest BCUT2D eigenvalue weighted by molar-refractivity contribution is 0.233. The van der Waals surface area contributed by atoms with E-state index in [1.54, 1.807) is 0 Å². The number of nitrogens with two attached hydrogens (primary N) is 1. The van der Waals surface area contributed by atoms with Crippen molar-refractivity contribution < 1.29 is 25.4 Å². The molecule has 1 unspecified atom stereocenters. The van der Waals surface area contributed by atoms with Crippen LogP contribution < -0.4 is 5.73 Å². The fourth-order valence-corrected chi connectivity index (χ4v) is 4.03. The fraction of sp³-hybridized carbons (Fsp3) is 0.417. The average molecular weight is 365 g/mol. The SMILES string of the molecule is CN1C(N)=NC(COS(C)(=O)=O)(c2ccccc2F)CS1(=O)=O. The number of nitrogens with zero attached hydrogens (tertiary/aromatic N) is 2.